The second kappa shape index (κ2) is 7.84. The Morgan fingerprint density at radius 3 is 2.72 bits per heavy atom. The quantitative estimate of drug-likeness (QED) is 0.815. The molecule has 1 aliphatic rings. The van der Waals surface area contributed by atoms with Gasteiger partial charge in [-0.15, -0.1) is 0 Å². The van der Waals surface area contributed by atoms with Crippen LogP contribution in [0, 0.1) is 0 Å². The van der Waals surface area contributed by atoms with Gasteiger partial charge in [-0.1, -0.05) is 18.2 Å². The molecule has 1 aromatic heterocycles. The highest BCUT2D eigenvalue weighted by Gasteiger charge is 2.26. The number of aryl methyl sites for hydroxylation is 1. The minimum Gasteiger partial charge on any atom is -0.497 e. The van der Waals surface area contributed by atoms with Gasteiger partial charge in [0.25, 0.3) is 0 Å². The van der Waals surface area contributed by atoms with Gasteiger partial charge in [0.2, 0.25) is 10.0 Å². The van der Waals surface area contributed by atoms with Gasteiger partial charge < -0.3 is 9.64 Å². The number of aromatic nitrogens is 1. The summed E-state index contributed by atoms with van der Waals surface area (Å²) in [5.74, 6) is 1.74. The Morgan fingerprint density at radius 1 is 1.24 bits per heavy atom. The summed E-state index contributed by atoms with van der Waals surface area (Å²) in [6.45, 7) is 1.46. The molecule has 0 saturated carbocycles. The topological polar surface area (TPSA) is 71.5 Å². The maximum absolute atomic E-state index is 12.4. The van der Waals surface area contributed by atoms with Crippen LogP contribution in [0.15, 0.2) is 48.7 Å². The predicted octanol–water partition coefficient (Wildman–Crippen LogP) is 1.83. The number of rotatable bonds is 7. The van der Waals surface area contributed by atoms with E-state index in [1.807, 2.05) is 42.5 Å². The highest BCUT2D eigenvalue weighted by molar-refractivity contribution is 7.89. The molecule has 134 valence electrons. The van der Waals surface area contributed by atoms with Gasteiger partial charge in [0.05, 0.1) is 12.9 Å². The zero-order chi connectivity index (χ0) is 17.7. The van der Waals surface area contributed by atoms with E-state index in [0.717, 1.165) is 30.1 Å². The number of nitrogens with zero attached hydrogens (tertiary/aromatic N) is 2. The second-order valence-electron chi connectivity index (χ2n) is 6.15. The van der Waals surface area contributed by atoms with Gasteiger partial charge in [-0.05, 0) is 42.7 Å². The van der Waals surface area contributed by atoms with Crippen molar-refractivity contribution in [1.82, 2.24) is 9.71 Å². The fourth-order valence-corrected chi connectivity index (χ4v) is 4.29. The first kappa shape index (κ1) is 17.7. The fourth-order valence-electron chi connectivity index (χ4n) is 2.96. The number of sulfonamides is 1. The zero-order valence-electron chi connectivity index (χ0n) is 14.3. The molecule has 1 saturated heterocycles. The molecular weight excluding hydrogens is 338 g/mol. The van der Waals surface area contributed by atoms with Crippen LogP contribution in [0.5, 0.6) is 5.75 Å². The van der Waals surface area contributed by atoms with Crippen LogP contribution in [0.3, 0.4) is 0 Å². The van der Waals surface area contributed by atoms with E-state index in [0.29, 0.717) is 13.0 Å². The lowest BCUT2D eigenvalue weighted by Crippen LogP contribution is -2.38. The third-order valence-corrected chi connectivity index (χ3v) is 5.76. The molecule has 0 spiro atoms. The molecule has 1 aliphatic heterocycles. The molecule has 1 fully saturated rings. The molecule has 7 heteroatoms. The monoisotopic (exact) mass is 361 g/mol. The number of methoxy groups -OCH3 is 1. The zero-order valence-corrected chi connectivity index (χ0v) is 15.1. The largest absolute Gasteiger partial charge is 0.497 e. The average Bonchev–Trinajstić information content (AvgIpc) is 3.09. The van der Waals surface area contributed by atoms with Crippen LogP contribution in [0.2, 0.25) is 0 Å². The molecular formula is C18H23N3O3S. The minimum absolute atomic E-state index is 0.0668. The van der Waals surface area contributed by atoms with E-state index in [9.17, 15) is 8.42 Å². The Balaban J connectivity index is 1.51. The Bertz CT molecular complexity index is 779. The van der Waals surface area contributed by atoms with Crippen molar-refractivity contribution < 1.29 is 13.2 Å². The summed E-state index contributed by atoms with van der Waals surface area (Å²) in [5, 5.41) is 0. The molecule has 6 nitrogen and oxygen atoms in total. The first-order valence-corrected chi connectivity index (χ1v) is 10.00. The second-order valence-corrected chi connectivity index (χ2v) is 8.03. The van der Waals surface area contributed by atoms with Crippen molar-refractivity contribution in [2.24, 2.45) is 0 Å². The van der Waals surface area contributed by atoms with Crippen LogP contribution in [-0.4, -0.2) is 45.4 Å². The molecule has 3 rings (SSSR count). The lowest BCUT2D eigenvalue weighted by molar-refractivity contribution is 0.414. The minimum atomic E-state index is -3.31. The summed E-state index contributed by atoms with van der Waals surface area (Å²) in [6, 6.07) is 13.2. The Hall–Kier alpha value is -2.12. The number of anilines is 1. The van der Waals surface area contributed by atoms with Gasteiger partial charge >= 0.3 is 0 Å². The van der Waals surface area contributed by atoms with Gasteiger partial charge in [-0.2, -0.15) is 0 Å². The molecule has 0 amide bonds. The van der Waals surface area contributed by atoms with Crippen LogP contribution in [0.4, 0.5) is 5.82 Å². The summed E-state index contributed by atoms with van der Waals surface area (Å²) in [5.41, 5.74) is 0.979. The molecule has 25 heavy (non-hydrogen) atoms. The van der Waals surface area contributed by atoms with Crippen LogP contribution < -0.4 is 14.4 Å². The van der Waals surface area contributed by atoms with Crippen LogP contribution in [-0.2, 0) is 16.4 Å². The molecule has 0 bridgehead atoms. The summed E-state index contributed by atoms with van der Waals surface area (Å²) in [6.07, 6.45) is 3.02. The molecule has 2 heterocycles. The van der Waals surface area contributed by atoms with Crippen molar-refractivity contribution in [1.29, 1.82) is 0 Å². The molecule has 1 aromatic carbocycles. The number of hydrogen-bond acceptors (Lipinski definition) is 5. The molecule has 0 radical (unpaired) electrons. The lowest BCUT2D eigenvalue weighted by atomic mass is 10.2. The van der Waals surface area contributed by atoms with Crippen molar-refractivity contribution in [3.63, 3.8) is 0 Å². The molecule has 1 N–H and O–H groups in total. The summed E-state index contributed by atoms with van der Waals surface area (Å²) in [7, 11) is -1.70. The summed E-state index contributed by atoms with van der Waals surface area (Å²) >= 11 is 0. The van der Waals surface area contributed by atoms with Crippen LogP contribution in [0.25, 0.3) is 0 Å². The molecule has 0 aliphatic carbocycles. The van der Waals surface area contributed by atoms with Crippen molar-refractivity contribution in [2.45, 2.75) is 18.9 Å². The fraction of sp³-hybridized carbons (Fsp3) is 0.389. The van der Waals surface area contributed by atoms with E-state index in [1.165, 1.54) is 0 Å². The Morgan fingerprint density at radius 2 is 2.04 bits per heavy atom. The average molecular weight is 361 g/mol. The van der Waals surface area contributed by atoms with Gasteiger partial charge in [0, 0.05) is 25.3 Å². The van der Waals surface area contributed by atoms with Crippen molar-refractivity contribution in [2.75, 3.05) is 30.9 Å². The van der Waals surface area contributed by atoms with Gasteiger partial charge in [-0.25, -0.2) is 18.1 Å². The van der Waals surface area contributed by atoms with E-state index in [1.54, 1.807) is 13.3 Å². The maximum Gasteiger partial charge on any atom is 0.212 e. The summed E-state index contributed by atoms with van der Waals surface area (Å²) in [4.78, 5) is 6.43. The van der Waals surface area contributed by atoms with Crippen molar-refractivity contribution >= 4 is 15.8 Å². The highest BCUT2D eigenvalue weighted by Crippen LogP contribution is 2.18. The summed E-state index contributed by atoms with van der Waals surface area (Å²) < 4.78 is 32.6. The van der Waals surface area contributed by atoms with E-state index in [2.05, 4.69) is 14.6 Å². The van der Waals surface area contributed by atoms with Gasteiger partial charge in [0.1, 0.15) is 11.6 Å². The first-order valence-electron chi connectivity index (χ1n) is 8.35. The molecule has 2 aromatic rings. The van der Waals surface area contributed by atoms with Crippen LogP contribution >= 0.6 is 0 Å². The van der Waals surface area contributed by atoms with E-state index in [-0.39, 0.29) is 11.8 Å². The normalized spacial score (nSPS) is 17.6. The van der Waals surface area contributed by atoms with Gasteiger partial charge in [-0.3, -0.25) is 0 Å². The number of nitrogens with one attached hydrogen (secondary N) is 1. The smallest absolute Gasteiger partial charge is 0.212 e. The molecule has 1 atom stereocenters. The van der Waals surface area contributed by atoms with Crippen molar-refractivity contribution in [3.05, 3.63) is 54.2 Å². The maximum atomic E-state index is 12.4. The Kier molecular flexibility index (Phi) is 5.55. The standard InChI is InChI=1S/C18H23N3O3S/c1-24-17-7-5-15(6-8-17)10-13-25(22,23)20-16-9-12-21(14-16)18-4-2-3-11-19-18/h2-8,11,16,20H,9-10,12-14H2,1H3. The number of hydrogen-bond donors (Lipinski definition) is 1. The first-order chi connectivity index (χ1) is 12.1. The number of pyridine rings is 1. The van der Waals surface area contributed by atoms with Gasteiger partial charge in [0.15, 0.2) is 0 Å². The predicted molar refractivity (Wildman–Crippen MR) is 98.5 cm³/mol. The van der Waals surface area contributed by atoms with Crippen LogP contribution in [0.1, 0.15) is 12.0 Å². The lowest BCUT2D eigenvalue weighted by Gasteiger charge is -2.17. The van der Waals surface area contributed by atoms with Crippen molar-refractivity contribution in [3.8, 4) is 5.75 Å². The van der Waals surface area contributed by atoms with E-state index < -0.39 is 10.0 Å². The van der Waals surface area contributed by atoms with E-state index in [4.69, 9.17) is 4.74 Å². The highest BCUT2D eigenvalue weighted by atomic mass is 32.2. The van der Waals surface area contributed by atoms with E-state index >= 15 is 0 Å². The molecule has 1 unspecified atom stereocenters. The Labute approximate surface area is 148 Å². The number of ether oxygens (including phenoxy) is 1. The SMILES string of the molecule is COc1ccc(CCS(=O)(=O)NC2CCN(c3ccccn3)C2)cc1. The third kappa shape index (κ3) is 4.93. The number of benzene rings is 1. The third-order valence-electron chi connectivity index (χ3n) is 4.33.